The number of ether oxygens (including phenoxy) is 1. The number of rotatable bonds is 5. The number of nitrogens with zero attached hydrogens (tertiary/aromatic N) is 2. The molecular weight excluding hydrogens is 431 g/mol. The minimum atomic E-state index is 0. The van der Waals surface area contributed by atoms with E-state index in [9.17, 15) is 0 Å². The predicted octanol–water partition coefficient (Wildman–Crippen LogP) is 3.01. The second-order valence-electron chi connectivity index (χ2n) is 5.83. The minimum absolute atomic E-state index is 0. The molecule has 1 saturated heterocycles. The maximum atomic E-state index is 6.03. The third kappa shape index (κ3) is 5.72. The second kappa shape index (κ2) is 9.79. The maximum absolute atomic E-state index is 6.03. The summed E-state index contributed by atoms with van der Waals surface area (Å²) in [5.41, 5.74) is 6.96. The van der Waals surface area contributed by atoms with Crippen LogP contribution < -0.4 is 11.1 Å². The third-order valence-electron chi connectivity index (χ3n) is 4.06. The van der Waals surface area contributed by atoms with E-state index in [-0.39, 0.29) is 30.0 Å². The largest absolute Gasteiger partial charge is 0.465 e. The second-order valence-corrected chi connectivity index (χ2v) is 5.83. The zero-order valence-corrected chi connectivity index (χ0v) is 16.7. The lowest BCUT2D eigenvalue weighted by Crippen LogP contribution is -2.40. The van der Waals surface area contributed by atoms with E-state index in [2.05, 4.69) is 15.2 Å². The molecule has 3 N–H and O–H groups in total. The molecule has 0 bridgehead atoms. The first-order valence-corrected chi connectivity index (χ1v) is 8.22. The van der Waals surface area contributed by atoms with Crippen molar-refractivity contribution in [1.82, 2.24) is 4.90 Å². The third-order valence-corrected chi connectivity index (χ3v) is 4.06. The van der Waals surface area contributed by atoms with Crippen LogP contribution in [0.1, 0.15) is 17.6 Å². The summed E-state index contributed by atoms with van der Waals surface area (Å²) in [5.74, 6) is 2.23. The number of nitrogens with one attached hydrogen (secondary N) is 1. The quantitative estimate of drug-likeness (QED) is 0.411. The molecule has 1 aromatic heterocycles. The highest BCUT2D eigenvalue weighted by Crippen LogP contribution is 2.24. The number of furan rings is 1. The topological polar surface area (TPSA) is 76.0 Å². The molecule has 2 heterocycles. The average Bonchev–Trinajstić information content (AvgIpc) is 3.03. The molecule has 0 radical (unpaired) electrons. The fraction of sp³-hybridized carbons (Fsp3) is 0.389. The van der Waals surface area contributed by atoms with Crippen LogP contribution in [-0.4, -0.2) is 43.7 Å². The predicted molar refractivity (Wildman–Crippen MR) is 111 cm³/mol. The Balaban J connectivity index is 0.00000225. The molecule has 1 unspecified atom stereocenters. The van der Waals surface area contributed by atoms with Gasteiger partial charge in [-0.3, -0.25) is 9.89 Å². The lowest BCUT2D eigenvalue weighted by Gasteiger charge is -2.32. The fourth-order valence-corrected chi connectivity index (χ4v) is 2.80. The Morgan fingerprint density at radius 1 is 1.20 bits per heavy atom. The summed E-state index contributed by atoms with van der Waals surface area (Å²) in [7, 11) is 0. The van der Waals surface area contributed by atoms with Crippen LogP contribution in [0.2, 0.25) is 0 Å². The molecule has 2 aromatic rings. The van der Waals surface area contributed by atoms with Crippen LogP contribution in [0.5, 0.6) is 0 Å². The van der Waals surface area contributed by atoms with Gasteiger partial charge in [-0.1, -0.05) is 18.2 Å². The van der Waals surface area contributed by atoms with Crippen LogP contribution >= 0.6 is 24.0 Å². The van der Waals surface area contributed by atoms with E-state index < -0.39 is 0 Å². The van der Waals surface area contributed by atoms with Gasteiger partial charge in [0.15, 0.2) is 5.96 Å². The van der Waals surface area contributed by atoms with Gasteiger partial charge in [-0.25, -0.2) is 0 Å². The average molecular weight is 456 g/mol. The Kier molecular flexibility index (Phi) is 7.73. The first kappa shape index (κ1) is 19.7. The Bertz CT molecular complexity index is 669. The van der Waals surface area contributed by atoms with Crippen molar-refractivity contribution in [3.63, 3.8) is 0 Å². The normalized spacial score (nSPS) is 16.9. The van der Waals surface area contributed by atoms with Gasteiger partial charge in [0.2, 0.25) is 0 Å². The Labute approximate surface area is 165 Å². The maximum Gasteiger partial charge on any atom is 0.193 e. The van der Waals surface area contributed by atoms with Crippen molar-refractivity contribution in [3.8, 4) is 0 Å². The van der Waals surface area contributed by atoms with Gasteiger partial charge in [-0.05, 0) is 31.2 Å². The summed E-state index contributed by atoms with van der Waals surface area (Å²) < 4.78 is 11.3. The number of halogens is 1. The summed E-state index contributed by atoms with van der Waals surface area (Å²) >= 11 is 0. The SMILES string of the molecule is Cc1ccc(C(CN=C(N)Nc2ccccc2)N2CCOCC2)o1.I. The van der Waals surface area contributed by atoms with E-state index in [1.165, 1.54) is 0 Å². The van der Waals surface area contributed by atoms with Crippen molar-refractivity contribution in [2.24, 2.45) is 10.7 Å². The van der Waals surface area contributed by atoms with E-state index in [0.717, 1.165) is 43.5 Å². The summed E-state index contributed by atoms with van der Waals surface area (Å²) in [6.07, 6.45) is 0. The summed E-state index contributed by atoms with van der Waals surface area (Å²) in [5, 5.41) is 3.11. The highest BCUT2D eigenvalue weighted by molar-refractivity contribution is 14.0. The van der Waals surface area contributed by atoms with Gasteiger partial charge in [0.05, 0.1) is 25.8 Å². The van der Waals surface area contributed by atoms with Gasteiger partial charge in [-0.2, -0.15) is 0 Å². The molecule has 7 heteroatoms. The van der Waals surface area contributed by atoms with Crippen molar-refractivity contribution < 1.29 is 9.15 Å². The molecule has 0 amide bonds. The Hall–Kier alpha value is -1.58. The summed E-state index contributed by atoms with van der Waals surface area (Å²) in [6.45, 7) is 5.69. The molecule has 1 fully saturated rings. The van der Waals surface area contributed by atoms with Gasteiger partial charge in [-0.15, -0.1) is 24.0 Å². The monoisotopic (exact) mass is 456 g/mol. The number of anilines is 1. The molecule has 6 nitrogen and oxygen atoms in total. The van der Waals surface area contributed by atoms with Crippen molar-refractivity contribution in [2.45, 2.75) is 13.0 Å². The van der Waals surface area contributed by atoms with Gasteiger partial charge < -0.3 is 20.2 Å². The molecule has 25 heavy (non-hydrogen) atoms. The van der Waals surface area contributed by atoms with Crippen molar-refractivity contribution in [1.29, 1.82) is 0 Å². The standard InChI is InChI=1S/C18H24N4O2.HI/c1-14-7-8-17(24-14)16(22-9-11-23-12-10-22)13-20-18(19)21-15-5-3-2-4-6-15;/h2-8,16H,9-13H2,1H3,(H3,19,20,21);1H. The van der Waals surface area contributed by atoms with E-state index in [1.54, 1.807) is 0 Å². The van der Waals surface area contributed by atoms with E-state index in [1.807, 2.05) is 49.4 Å². The lowest BCUT2D eigenvalue weighted by molar-refractivity contribution is 0.0135. The first-order valence-electron chi connectivity index (χ1n) is 8.22. The van der Waals surface area contributed by atoms with E-state index in [0.29, 0.717) is 12.5 Å². The molecule has 1 aliphatic rings. The van der Waals surface area contributed by atoms with Gasteiger partial charge in [0.25, 0.3) is 0 Å². The number of para-hydroxylation sites is 1. The van der Waals surface area contributed by atoms with Crippen LogP contribution in [-0.2, 0) is 4.74 Å². The number of guanidine groups is 1. The van der Waals surface area contributed by atoms with Crippen molar-refractivity contribution >= 4 is 35.6 Å². The van der Waals surface area contributed by atoms with Crippen LogP contribution in [0.25, 0.3) is 0 Å². The number of aliphatic imine (C=N–C) groups is 1. The number of nitrogens with two attached hydrogens (primary N) is 1. The Morgan fingerprint density at radius 2 is 1.92 bits per heavy atom. The molecule has 1 atom stereocenters. The zero-order valence-electron chi connectivity index (χ0n) is 14.4. The van der Waals surface area contributed by atoms with Gasteiger partial charge in [0, 0.05) is 18.8 Å². The molecule has 0 aliphatic carbocycles. The number of morpholine rings is 1. The molecule has 3 rings (SSSR count). The molecule has 1 aromatic carbocycles. The van der Waals surface area contributed by atoms with E-state index in [4.69, 9.17) is 14.9 Å². The van der Waals surface area contributed by atoms with Crippen LogP contribution in [0.3, 0.4) is 0 Å². The zero-order chi connectivity index (χ0) is 16.8. The smallest absolute Gasteiger partial charge is 0.193 e. The van der Waals surface area contributed by atoms with Gasteiger partial charge >= 0.3 is 0 Å². The van der Waals surface area contributed by atoms with Crippen LogP contribution in [0, 0.1) is 6.92 Å². The van der Waals surface area contributed by atoms with E-state index >= 15 is 0 Å². The van der Waals surface area contributed by atoms with Crippen molar-refractivity contribution in [3.05, 3.63) is 54.0 Å². The van der Waals surface area contributed by atoms with Crippen LogP contribution in [0.15, 0.2) is 51.9 Å². The van der Waals surface area contributed by atoms with Crippen molar-refractivity contribution in [2.75, 3.05) is 38.2 Å². The number of hydrogen-bond acceptors (Lipinski definition) is 4. The fourth-order valence-electron chi connectivity index (χ4n) is 2.80. The van der Waals surface area contributed by atoms with Crippen LogP contribution in [0.4, 0.5) is 5.69 Å². The molecule has 0 spiro atoms. The Morgan fingerprint density at radius 3 is 2.56 bits per heavy atom. The minimum Gasteiger partial charge on any atom is -0.465 e. The molecule has 0 saturated carbocycles. The molecule has 136 valence electrons. The summed E-state index contributed by atoms with van der Waals surface area (Å²) in [4.78, 5) is 6.86. The highest BCUT2D eigenvalue weighted by atomic mass is 127. The first-order chi connectivity index (χ1) is 11.7. The molecular formula is C18H25IN4O2. The lowest BCUT2D eigenvalue weighted by atomic mass is 10.1. The number of hydrogen-bond donors (Lipinski definition) is 2. The molecule has 1 aliphatic heterocycles. The number of benzene rings is 1. The van der Waals surface area contributed by atoms with Gasteiger partial charge in [0.1, 0.15) is 11.5 Å². The highest BCUT2D eigenvalue weighted by Gasteiger charge is 2.25. The summed E-state index contributed by atoms with van der Waals surface area (Å²) in [6, 6.07) is 13.9. The number of aryl methyl sites for hydroxylation is 1.